The van der Waals surface area contributed by atoms with E-state index in [1.807, 2.05) is 0 Å². The van der Waals surface area contributed by atoms with E-state index in [0.717, 1.165) is 71.5 Å². The van der Waals surface area contributed by atoms with Crippen LogP contribution >= 0.6 is 0 Å². The van der Waals surface area contributed by atoms with Gasteiger partial charge < -0.3 is 24.8 Å². The average Bonchev–Trinajstić information content (AvgIpc) is 2.97. The first-order chi connectivity index (χ1) is 10.2. The van der Waals surface area contributed by atoms with Crippen LogP contribution in [-0.4, -0.2) is 65.7 Å². The van der Waals surface area contributed by atoms with Crippen LogP contribution in [0.15, 0.2) is 4.99 Å². The van der Waals surface area contributed by atoms with Crippen molar-refractivity contribution in [3.63, 3.8) is 0 Å². The predicted molar refractivity (Wildman–Crippen MR) is 82.7 cm³/mol. The molecule has 0 aromatic heterocycles. The fourth-order valence-electron chi connectivity index (χ4n) is 2.42. The molecule has 122 valence electrons. The number of aliphatic imine (C=N–C) groups is 1. The van der Waals surface area contributed by atoms with Crippen LogP contribution < -0.4 is 10.6 Å². The molecular weight excluding hydrogens is 270 g/mol. The van der Waals surface area contributed by atoms with Crippen molar-refractivity contribution in [2.24, 2.45) is 16.3 Å². The summed E-state index contributed by atoms with van der Waals surface area (Å²) in [5.41, 5.74) is 0.254. The molecule has 0 aliphatic carbocycles. The van der Waals surface area contributed by atoms with E-state index < -0.39 is 0 Å². The van der Waals surface area contributed by atoms with Crippen molar-refractivity contribution in [3.05, 3.63) is 0 Å². The first kappa shape index (κ1) is 16.5. The Kier molecular flexibility index (Phi) is 6.73. The van der Waals surface area contributed by atoms with Gasteiger partial charge in [-0.25, -0.2) is 0 Å². The summed E-state index contributed by atoms with van der Waals surface area (Å²) in [5, 5.41) is 6.66. The molecule has 2 heterocycles. The first-order valence-electron chi connectivity index (χ1n) is 7.90. The molecule has 0 spiro atoms. The zero-order valence-electron chi connectivity index (χ0n) is 13.3. The molecule has 0 saturated carbocycles. The molecule has 0 aromatic carbocycles. The van der Waals surface area contributed by atoms with Crippen molar-refractivity contribution >= 4 is 5.96 Å². The summed E-state index contributed by atoms with van der Waals surface area (Å²) in [6.07, 6.45) is 2.12. The summed E-state index contributed by atoms with van der Waals surface area (Å²) in [4.78, 5) is 4.23. The van der Waals surface area contributed by atoms with Crippen LogP contribution in [0.3, 0.4) is 0 Å². The lowest BCUT2D eigenvalue weighted by Crippen LogP contribution is -2.51. The lowest BCUT2D eigenvalue weighted by atomic mass is 9.89. The summed E-state index contributed by atoms with van der Waals surface area (Å²) in [6, 6.07) is 0. The summed E-state index contributed by atoms with van der Waals surface area (Å²) < 4.78 is 16.2. The van der Waals surface area contributed by atoms with Gasteiger partial charge in [0.1, 0.15) is 0 Å². The molecule has 2 saturated heterocycles. The van der Waals surface area contributed by atoms with Gasteiger partial charge in [-0.3, -0.25) is 4.99 Å². The number of hydrogen-bond acceptors (Lipinski definition) is 4. The Balaban J connectivity index is 1.46. The zero-order valence-corrected chi connectivity index (χ0v) is 13.3. The molecule has 2 rings (SSSR count). The minimum absolute atomic E-state index is 0.254. The maximum atomic E-state index is 5.68. The highest BCUT2D eigenvalue weighted by atomic mass is 16.5. The molecule has 0 amide bonds. The molecule has 2 fully saturated rings. The minimum atomic E-state index is 0.254. The van der Waals surface area contributed by atoms with E-state index in [2.05, 4.69) is 22.5 Å². The van der Waals surface area contributed by atoms with Gasteiger partial charge in [0.2, 0.25) is 0 Å². The Morgan fingerprint density at radius 1 is 1.33 bits per heavy atom. The third-order valence-electron chi connectivity index (χ3n) is 3.94. The van der Waals surface area contributed by atoms with Gasteiger partial charge in [0, 0.05) is 44.7 Å². The van der Waals surface area contributed by atoms with Crippen molar-refractivity contribution in [2.45, 2.75) is 19.8 Å². The maximum Gasteiger partial charge on any atom is 0.191 e. The highest BCUT2D eigenvalue weighted by Crippen LogP contribution is 2.24. The predicted octanol–water partition coefficient (Wildman–Crippen LogP) is 0.631. The van der Waals surface area contributed by atoms with Gasteiger partial charge in [-0.1, -0.05) is 6.92 Å². The number of rotatable bonds is 8. The van der Waals surface area contributed by atoms with Gasteiger partial charge >= 0.3 is 0 Å². The quantitative estimate of drug-likeness (QED) is 0.391. The highest BCUT2D eigenvalue weighted by Gasteiger charge is 2.33. The van der Waals surface area contributed by atoms with Crippen LogP contribution in [0, 0.1) is 11.3 Å². The van der Waals surface area contributed by atoms with Gasteiger partial charge in [-0.05, 0) is 12.8 Å². The topological polar surface area (TPSA) is 64.1 Å². The molecule has 0 radical (unpaired) electrons. The fourth-order valence-corrected chi connectivity index (χ4v) is 2.42. The Morgan fingerprint density at radius 2 is 2.19 bits per heavy atom. The molecule has 6 nitrogen and oxygen atoms in total. The van der Waals surface area contributed by atoms with Gasteiger partial charge in [0.15, 0.2) is 5.96 Å². The number of nitrogens with one attached hydrogen (secondary N) is 2. The second-order valence-electron chi connectivity index (χ2n) is 6.31. The normalized spacial score (nSPS) is 24.7. The highest BCUT2D eigenvalue weighted by molar-refractivity contribution is 5.79. The molecule has 2 aliphatic heterocycles. The minimum Gasteiger partial charge on any atom is -0.381 e. The monoisotopic (exact) mass is 299 g/mol. The van der Waals surface area contributed by atoms with Gasteiger partial charge in [0.05, 0.1) is 26.4 Å². The van der Waals surface area contributed by atoms with Crippen molar-refractivity contribution in [3.8, 4) is 0 Å². The van der Waals surface area contributed by atoms with Crippen molar-refractivity contribution in [1.82, 2.24) is 10.6 Å². The third kappa shape index (κ3) is 5.80. The van der Waals surface area contributed by atoms with E-state index in [9.17, 15) is 0 Å². The van der Waals surface area contributed by atoms with Crippen molar-refractivity contribution in [2.75, 3.05) is 59.8 Å². The van der Waals surface area contributed by atoms with Crippen molar-refractivity contribution < 1.29 is 14.2 Å². The second kappa shape index (κ2) is 8.56. The molecule has 0 aromatic rings. The summed E-state index contributed by atoms with van der Waals surface area (Å²) in [6.45, 7) is 9.00. The second-order valence-corrected chi connectivity index (χ2v) is 6.31. The van der Waals surface area contributed by atoms with E-state index in [-0.39, 0.29) is 5.41 Å². The van der Waals surface area contributed by atoms with Crippen LogP contribution in [0.1, 0.15) is 19.8 Å². The van der Waals surface area contributed by atoms with E-state index >= 15 is 0 Å². The van der Waals surface area contributed by atoms with Crippen molar-refractivity contribution in [1.29, 1.82) is 0 Å². The van der Waals surface area contributed by atoms with Gasteiger partial charge in [-0.15, -0.1) is 0 Å². The molecule has 21 heavy (non-hydrogen) atoms. The fraction of sp³-hybridized carbons (Fsp3) is 0.933. The molecule has 2 aliphatic rings. The van der Waals surface area contributed by atoms with Gasteiger partial charge in [-0.2, -0.15) is 0 Å². The molecule has 1 unspecified atom stereocenters. The molecule has 0 bridgehead atoms. The Bertz CT molecular complexity index is 326. The van der Waals surface area contributed by atoms with E-state index in [0.29, 0.717) is 5.92 Å². The first-order valence-corrected chi connectivity index (χ1v) is 7.90. The SMILES string of the molecule is CN=C(NCCCOCC1CCOC1)NCC1(C)COC1. The Morgan fingerprint density at radius 3 is 2.81 bits per heavy atom. The summed E-state index contributed by atoms with van der Waals surface area (Å²) >= 11 is 0. The number of nitrogens with zero attached hydrogens (tertiary/aromatic N) is 1. The third-order valence-corrected chi connectivity index (χ3v) is 3.94. The van der Waals surface area contributed by atoms with Gasteiger partial charge in [0.25, 0.3) is 0 Å². The zero-order chi connectivity index (χ0) is 15.0. The number of ether oxygens (including phenoxy) is 3. The van der Waals surface area contributed by atoms with Crippen LogP contribution in [0.4, 0.5) is 0 Å². The Labute approximate surface area is 127 Å². The smallest absolute Gasteiger partial charge is 0.191 e. The molecular formula is C15H29N3O3. The van der Waals surface area contributed by atoms with Crippen LogP contribution in [0.5, 0.6) is 0 Å². The standard InChI is InChI=1S/C15H29N3O3/c1-15(11-21-12-15)10-18-14(16-2)17-5-3-6-19-8-13-4-7-20-9-13/h13H,3-12H2,1-2H3,(H2,16,17,18). The Hall–Kier alpha value is -0.850. The summed E-state index contributed by atoms with van der Waals surface area (Å²) in [7, 11) is 1.80. The number of hydrogen-bond donors (Lipinski definition) is 2. The lowest BCUT2D eigenvalue weighted by molar-refractivity contribution is -0.0971. The maximum absolute atomic E-state index is 5.68. The molecule has 6 heteroatoms. The largest absolute Gasteiger partial charge is 0.381 e. The van der Waals surface area contributed by atoms with Crippen LogP contribution in [0.25, 0.3) is 0 Å². The number of guanidine groups is 1. The molecule has 2 N–H and O–H groups in total. The summed E-state index contributed by atoms with van der Waals surface area (Å²) in [5.74, 6) is 1.45. The van der Waals surface area contributed by atoms with Crippen LogP contribution in [-0.2, 0) is 14.2 Å². The van der Waals surface area contributed by atoms with E-state index in [1.165, 1.54) is 0 Å². The van der Waals surface area contributed by atoms with E-state index in [1.54, 1.807) is 7.05 Å². The molecule has 1 atom stereocenters. The lowest BCUT2D eigenvalue weighted by Gasteiger charge is -2.38. The van der Waals surface area contributed by atoms with E-state index in [4.69, 9.17) is 14.2 Å². The van der Waals surface area contributed by atoms with Crippen LogP contribution in [0.2, 0.25) is 0 Å². The average molecular weight is 299 g/mol.